The molecule has 0 saturated carbocycles. The summed E-state index contributed by atoms with van der Waals surface area (Å²) in [7, 11) is 0. The molecule has 0 bridgehead atoms. The number of carbonyl (C=O) groups excluding carboxylic acids is 1. The smallest absolute Gasteiger partial charge is 0.319 e. The standard InChI is InChI=1S/C13H11NO2S2/c15-12-11(6-7-16-12)18-13-14-10(8-17-13)9-4-2-1-3-5-9/h1-5,8,11H,6-7H2/t11-/m0/s1. The molecule has 1 atom stereocenters. The molecule has 92 valence electrons. The largest absolute Gasteiger partial charge is 0.465 e. The lowest BCUT2D eigenvalue weighted by Gasteiger charge is -2.00. The third kappa shape index (κ3) is 2.42. The molecule has 0 unspecified atom stereocenters. The first kappa shape index (κ1) is 11.7. The van der Waals surface area contributed by atoms with Crippen LogP contribution in [0.4, 0.5) is 0 Å². The van der Waals surface area contributed by atoms with E-state index < -0.39 is 0 Å². The number of rotatable bonds is 3. The molecule has 0 radical (unpaired) electrons. The van der Waals surface area contributed by atoms with Gasteiger partial charge in [-0.25, -0.2) is 4.98 Å². The van der Waals surface area contributed by atoms with Crippen molar-refractivity contribution in [3.8, 4) is 11.3 Å². The molecule has 1 fully saturated rings. The van der Waals surface area contributed by atoms with Gasteiger partial charge < -0.3 is 4.74 Å². The van der Waals surface area contributed by atoms with Crippen molar-refractivity contribution >= 4 is 29.1 Å². The summed E-state index contributed by atoms with van der Waals surface area (Å²) in [4.78, 5) is 15.9. The fraction of sp³-hybridized carbons (Fsp3) is 0.231. The minimum Gasteiger partial charge on any atom is -0.465 e. The molecule has 1 aliphatic heterocycles. The second-order valence-corrected chi connectivity index (χ2v) is 6.24. The van der Waals surface area contributed by atoms with Gasteiger partial charge >= 0.3 is 5.97 Å². The molecule has 1 aromatic carbocycles. The predicted octanol–water partition coefficient (Wildman–Crippen LogP) is 3.22. The highest BCUT2D eigenvalue weighted by Crippen LogP contribution is 2.33. The third-order valence-electron chi connectivity index (χ3n) is 2.68. The second-order valence-electron chi connectivity index (χ2n) is 3.93. The Labute approximate surface area is 113 Å². The van der Waals surface area contributed by atoms with Crippen molar-refractivity contribution in [1.82, 2.24) is 4.98 Å². The van der Waals surface area contributed by atoms with Crippen LogP contribution in [0.25, 0.3) is 11.3 Å². The highest BCUT2D eigenvalue weighted by Gasteiger charge is 2.28. The highest BCUT2D eigenvalue weighted by molar-refractivity contribution is 8.02. The molecule has 0 N–H and O–H groups in total. The molecular weight excluding hydrogens is 266 g/mol. The first-order valence-corrected chi connectivity index (χ1v) is 7.43. The van der Waals surface area contributed by atoms with Gasteiger partial charge in [-0.15, -0.1) is 11.3 Å². The molecule has 3 rings (SSSR count). The number of thioether (sulfide) groups is 1. The van der Waals surface area contributed by atoms with Crippen LogP contribution >= 0.6 is 23.1 Å². The molecule has 18 heavy (non-hydrogen) atoms. The SMILES string of the molecule is O=C1OCC[C@@H]1Sc1nc(-c2ccccc2)cs1. The molecule has 1 aromatic heterocycles. The van der Waals surface area contributed by atoms with Gasteiger partial charge in [0.25, 0.3) is 0 Å². The first-order valence-electron chi connectivity index (χ1n) is 5.67. The fourth-order valence-electron chi connectivity index (χ4n) is 1.76. The Bertz CT molecular complexity index is 553. The lowest BCUT2D eigenvalue weighted by Crippen LogP contribution is -2.08. The number of hydrogen-bond acceptors (Lipinski definition) is 5. The Morgan fingerprint density at radius 1 is 1.33 bits per heavy atom. The molecule has 1 aliphatic rings. The van der Waals surface area contributed by atoms with Crippen molar-refractivity contribution in [3.63, 3.8) is 0 Å². The Kier molecular flexibility index (Phi) is 3.34. The minimum absolute atomic E-state index is 0.0835. The van der Waals surface area contributed by atoms with Crippen molar-refractivity contribution in [2.75, 3.05) is 6.61 Å². The zero-order valence-corrected chi connectivity index (χ0v) is 11.2. The lowest BCUT2D eigenvalue weighted by atomic mass is 10.2. The molecule has 1 saturated heterocycles. The average Bonchev–Trinajstić information content (AvgIpc) is 3.02. The van der Waals surface area contributed by atoms with E-state index in [2.05, 4.69) is 4.98 Å². The third-order valence-corrected chi connectivity index (χ3v) is 4.90. The van der Waals surface area contributed by atoms with E-state index in [0.717, 1.165) is 22.0 Å². The van der Waals surface area contributed by atoms with Crippen LogP contribution in [0.5, 0.6) is 0 Å². The van der Waals surface area contributed by atoms with Crippen LogP contribution in [0.15, 0.2) is 40.1 Å². The molecule has 0 amide bonds. The fourth-order valence-corrected chi connectivity index (χ4v) is 3.80. The zero-order valence-electron chi connectivity index (χ0n) is 9.54. The van der Waals surface area contributed by atoms with Crippen LogP contribution in [0, 0.1) is 0 Å². The van der Waals surface area contributed by atoms with E-state index >= 15 is 0 Å². The summed E-state index contributed by atoms with van der Waals surface area (Å²) in [6.45, 7) is 0.535. The summed E-state index contributed by atoms with van der Waals surface area (Å²) in [5.74, 6) is -0.114. The van der Waals surface area contributed by atoms with Crippen molar-refractivity contribution in [1.29, 1.82) is 0 Å². The number of cyclic esters (lactones) is 1. The van der Waals surface area contributed by atoms with E-state index in [4.69, 9.17) is 4.74 Å². The van der Waals surface area contributed by atoms with Gasteiger partial charge in [0, 0.05) is 17.4 Å². The number of hydrogen-bond donors (Lipinski definition) is 0. The summed E-state index contributed by atoms with van der Waals surface area (Å²) in [5, 5.41) is 1.94. The van der Waals surface area contributed by atoms with Crippen LogP contribution in [0.1, 0.15) is 6.42 Å². The maximum atomic E-state index is 11.4. The number of benzene rings is 1. The van der Waals surface area contributed by atoms with E-state index in [1.807, 2.05) is 35.7 Å². The summed E-state index contributed by atoms with van der Waals surface area (Å²) in [6.07, 6.45) is 0.781. The molecule has 0 aliphatic carbocycles. The van der Waals surface area contributed by atoms with Crippen LogP contribution in [0.3, 0.4) is 0 Å². The normalized spacial score (nSPS) is 18.9. The van der Waals surface area contributed by atoms with E-state index in [9.17, 15) is 4.79 Å². The molecule has 2 heterocycles. The van der Waals surface area contributed by atoms with Crippen molar-refractivity contribution < 1.29 is 9.53 Å². The molecule has 0 spiro atoms. The van der Waals surface area contributed by atoms with Gasteiger partial charge in [0.15, 0.2) is 4.34 Å². The number of aromatic nitrogens is 1. The summed E-state index contributed by atoms with van der Waals surface area (Å²) in [5.41, 5.74) is 2.07. The minimum atomic E-state index is -0.114. The van der Waals surface area contributed by atoms with E-state index in [1.54, 1.807) is 11.3 Å². The van der Waals surface area contributed by atoms with Gasteiger partial charge in [-0.1, -0.05) is 42.1 Å². The second kappa shape index (κ2) is 5.12. The van der Waals surface area contributed by atoms with Crippen molar-refractivity contribution in [2.45, 2.75) is 16.0 Å². The Morgan fingerprint density at radius 3 is 2.89 bits per heavy atom. The van der Waals surface area contributed by atoms with Gasteiger partial charge in [0.1, 0.15) is 5.25 Å². The van der Waals surface area contributed by atoms with E-state index in [-0.39, 0.29) is 11.2 Å². The van der Waals surface area contributed by atoms with Gasteiger partial charge in [-0.05, 0) is 0 Å². The Balaban J connectivity index is 1.76. The summed E-state index contributed by atoms with van der Waals surface area (Å²) >= 11 is 3.09. The molecular formula is C13H11NO2S2. The van der Waals surface area contributed by atoms with Crippen LogP contribution in [0.2, 0.25) is 0 Å². The highest BCUT2D eigenvalue weighted by atomic mass is 32.2. The van der Waals surface area contributed by atoms with E-state index in [0.29, 0.717) is 6.61 Å². The maximum Gasteiger partial charge on any atom is 0.319 e. The topological polar surface area (TPSA) is 39.2 Å². The van der Waals surface area contributed by atoms with Gasteiger partial charge in [-0.3, -0.25) is 4.79 Å². The molecule has 2 aromatic rings. The van der Waals surface area contributed by atoms with Gasteiger partial charge in [0.05, 0.1) is 12.3 Å². The predicted molar refractivity (Wildman–Crippen MR) is 72.8 cm³/mol. The average molecular weight is 277 g/mol. The van der Waals surface area contributed by atoms with Crippen molar-refractivity contribution in [3.05, 3.63) is 35.7 Å². The monoisotopic (exact) mass is 277 g/mol. The molecule has 3 nitrogen and oxygen atoms in total. The van der Waals surface area contributed by atoms with Crippen molar-refractivity contribution in [2.24, 2.45) is 0 Å². The quantitative estimate of drug-likeness (QED) is 0.808. The van der Waals surface area contributed by atoms with Crippen LogP contribution in [-0.2, 0) is 9.53 Å². The Hall–Kier alpha value is -1.33. The number of thiazole rings is 1. The summed E-state index contributed by atoms with van der Waals surface area (Å²) < 4.78 is 5.87. The molecule has 5 heteroatoms. The number of esters is 1. The number of ether oxygens (including phenoxy) is 1. The Morgan fingerprint density at radius 2 is 2.17 bits per heavy atom. The maximum absolute atomic E-state index is 11.4. The first-order chi connectivity index (χ1) is 8.83. The number of nitrogens with zero attached hydrogens (tertiary/aromatic N) is 1. The lowest BCUT2D eigenvalue weighted by molar-refractivity contribution is -0.137. The van der Waals surface area contributed by atoms with Crippen LogP contribution in [-0.4, -0.2) is 22.8 Å². The van der Waals surface area contributed by atoms with Crippen LogP contribution < -0.4 is 0 Å². The summed E-state index contributed by atoms with van der Waals surface area (Å²) in [6, 6.07) is 10.0. The number of carbonyl (C=O) groups is 1. The van der Waals surface area contributed by atoms with E-state index in [1.165, 1.54) is 11.8 Å². The van der Waals surface area contributed by atoms with Gasteiger partial charge in [-0.2, -0.15) is 0 Å². The zero-order chi connectivity index (χ0) is 12.4. The van der Waals surface area contributed by atoms with Gasteiger partial charge in [0.2, 0.25) is 0 Å².